The fourth-order valence-electron chi connectivity index (χ4n) is 1.73. The zero-order valence-electron chi connectivity index (χ0n) is 10.8. The molecule has 98 valence electrons. The van der Waals surface area contributed by atoms with Crippen molar-refractivity contribution in [2.45, 2.75) is 25.7 Å². The lowest BCUT2D eigenvalue weighted by Crippen LogP contribution is -2.01. The number of benzene rings is 1. The summed E-state index contributed by atoms with van der Waals surface area (Å²) in [6, 6.07) is 9.99. The molecule has 18 heavy (non-hydrogen) atoms. The molecule has 0 amide bonds. The molecule has 1 N–H and O–H groups in total. The quantitative estimate of drug-likeness (QED) is 0.755. The number of esters is 1. The average molecular weight is 248 g/mol. The Balaban J connectivity index is 2.65. The first kappa shape index (κ1) is 14.5. The van der Waals surface area contributed by atoms with Gasteiger partial charge in [0.2, 0.25) is 0 Å². The summed E-state index contributed by atoms with van der Waals surface area (Å²) in [5.41, 5.74) is 2.29. The third-order valence-corrected chi connectivity index (χ3v) is 2.70. The highest BCUT2D eigenvalue weighted by molar-refractivity contribution is 5.69. The highest BCUT2D eigenvalue weighted by atomic mass is 16.5. The highest BCUT2D eigenvalue weighted by Crippen LogP contribution is 2.17. The minimum atomic E-state index is -0.196. The second-order valence-corrected chi connectivity index (χ2v) is 4.12. The Kier molecular flexibility index (Phi) is 6.81. The molecule has 1 rings (SSSR count). The number of carbonyl (C=O) groups excluding carboxylic acids is 1. The number of carbonyl (C=O) groups is 1. The van der Waals surface area contributed by atoms with Gasteiger partial charge < -0.3 is 9.84 Å². The van der Waals surface area contributed by atoms with Crippen LogP contribution in [0, 0.1) is 0 Å². The van der Waals surface area contributed by atoms with E-state index in [4.69, 9.17) is 5.11 Å². The Hall–Kier alpha value is -1.61. The van der Waals surface area contributed by atoms with E-state index in [0.29, 0.717) is 12.8 Å². The van der Waals surface area contributed by atoms with Gasteiger partial charge in [0.15, 0.2) is 0 Å². The van der Waals surface area contributed by atoms with Crippen LogP contribution in [-0.2, 0) is 9.53 Å². The van der Waals surface area contributed by atoms with E-state index < -0.39 is 0 Å². The zero-order valence-corrected chi connectivity index (χ0v) is 10.8. The van der Waals surface area contributed by atoms with Crippen LogP contribution in [0.4, 0.5) is 0 Å². The van der Waals surface area contributed by atoms with Gasteiger partial charge in [-0.2, -0.15) is 0 Å². The Morgan fingerprint density at radius 3 is 2.56 bits per heavy atom. The normalized spacial score (nSPS) is 11.3. The molecule has 0 aliphatic rings. The van der Waals surface area contributed by atoms with E-state index in [-0.39, 0.29) is 12.6 Å². The van der Waals surface area contributed by atoms with Crippen LogP contribution in [0.3, 0.4) is 0 Å². The molecular formula is C15H20O3. The first-order valence-corrected chi connectivity index (χ1v) is 6.18. The van der Waals surface area contributed by atoms with Crippen molar-refractivity contribution in [1.82, 2.24) is 0 Å². The number of ether oxygens (including phenoxy) is 1. The average Bonchev–Trinajstić information content (AvgIpc) is 2.42. The van der Waals surface area contributed by atoms with Crippen molar-refractivity contribution in [3.63, 3.8) is 0 Å². The number of hydrogen-bond donors (Lipinski definition) is 1. The van der Waals surface area contributed by atoms with E-state index >= 15 is 0 Å². The molecule has 0 saturated carbocycles. The lowest BCUT2D eigenvalue weighted by molar-refractivity contribution is -0.140. The summed E-state index contributed by atoms with van der Waals surface area (Å²) in [5.74, 6) is -0.196. The molecule has 0 aliphatic carbocycles. The minimum Gasteiger partial charge on any atom is -0.469 e. The summed E-state index contributed by atoms with van der Waals surface area (Å²) in [5, 5.41) is 8.89. The summed E-state index contributed by atoms with van der Waals surface area (Å²) in [6.45, 7) is 0.171. The zero-order chi connectivity index (χ0) is 13.2. The van der Waals surface area contributed by atoms with Gasteiger partial charge in [-0.1, -0.05) is 42.0 Å². The first-order chi connectivity index (χ1) is 8.76. The van der Waals surface area contributed by atoms with Crippen LogP contribution in [0.25, 0.3) is 6.08 Å². The molecule has 1 aromatic rings. The van der Waals surface area contributed by atoms with Crippen LogP contribution in [-0.4, -0.2) is 24.8 Å². The lowest BCUT2D eigenvalue weighted by Gasteiger charge is -2.06. The van der Waals surface area contributed by atoms with Crippen LogP contribution < -0.4 is 0 Å². The summed E-state index contributed by atoms with van der Waals surface area (Å²) >= 11 is 0. The molecule has 0 unspecified atom stereocenters. The van der Waals surface area contributed by atoms with Crippen molar-refractivity contribution >= 4 is 12.0 Å². The molecule has 0 heterocycles. The smallest absolute Gasteiger partial charge is 0.305 e. The van der Waals surface area contributed by atoms with Gasteiger partial charge in [0.05, 0.1) is 7.11 Å². The van der Waals surface area contributed by atoms with Crippen molar-refractivity contribution in [3.05, 3.63) is 41.5 Å². The monoisotopic (exact) mass is 248 g/mol. The van der Waals surface area contributed by atoms with Crippen LogP contribution in [0.2, 0.25) is 0 Å². The fraction of sp³-hybridized carbons (Fsp3) is 0.400. The number of hydrogen-bond acceptors (Lipinski definition) is 3. The molecule has 0 saturated heterocycles. The maximum atomic E-state index is 11.1. The van der Waals surface area contributed by atoms with E-state index in [1.54, 1.807) is 0 Å². The van der Waals surface area contributed by atoms with E-state index in [1.165, 1.54) is 12.7 Å². The van der Waals surface area contributed by atoms with E-state index in [0.717, 1.165) is 18.4 Å². The van der Waals surface area contributed by atoms with E-state index in [1.807, 2.05) is 30.3 Å². The molecule has 0 bridgehead atoms. The molecule has 0 spiro atoms. The largest absolute Gasteiger partial charge is 0.469 e. The minimum absolute atomic E-state index is 0.171. The Morgan fingerprint density at radius 1 is 1.22 bits per heavy atom. The van der Waals surface area contributed by atoms with Crippen molar-refractivity contribution in [2.75, 3.05) is 13.7 Å². The topological polar surface area (TPSA) is 46.5 Å². The maximum absolute atomic E-state index is 11.1. The predicted molar refractivity (Wildman–Crippen MR) is 72.0 cm³/mol. The van der Waals surface area contributed by atoms with Gasteiger partial charge >= 0.3 is 5.97 Å². The Labute approximate surface area is 108 Å². The van der Waals surface area contributed by atoms with Crippen molar-refractivity contribution < 1.29 is 14.6 Å². The second-order valence-electron chi connectivity index (χ2n) is 4.12. The Bertz CT molecular complexity index is 382. The summed E-state index contributed by atoms with van der Waals surface area (Å²) in [6.07, 6.45) is 4.68. The highest BCUT2D eigenvalue weighted by Gasteiger charge is 2.04. The molecule has 3 nitrogen and oxygen atoms in total. The SMILES string of the molecule is COC(=O)CC/C(=C\c1ccccc1)CCCO. The summed E-state index contributed by atoms with van der Waals surface area (Å²) in [7, 11) is 1.40. The number of rotatable bonds is 7. The van der Waals surface area contributed by atoms with Gasteiger partial charge in [0.25, 0.3) is 0 Å². The number of aliphatic hydroxyl groups excluding tert-OH is 1. The summed E-state index contributed by atoms with van der Waals surface area (Å²) < 4.78 is 4.64. The summed E-state index contributed by atoms with van der Waals surface area (Å²) in [4.78, 5) is 11.1. The second kappa shape index (κ2) is 8.48. The van der Waals surface area contributed by atoms with Crippen LogP contribution in [0.5, 0.6) is 0 Å². The third kappa shape index (κ3) is 5.64. The van der Waals surface area contributed by atoms with Crippen LogP contribution >= 0.6 is 0 Å². The van der Waals surface area contributed by atoms with Crippen LogP contribution in [0.15, 0.2) is 35.9 Å². The predicted octanol–water partition coefficient (Wildman–Crippen LogP) is 2.80. The van der Waals surface area contributed by atoms with Crippen molar-refractivity contribution in [3.8, 4) is 0 Å². The molecule has 0 aromatic heterocycles. The standard InChI is InChI=1S/C15H20O3/c1-18-15(17)10-9-14(8-5-11-16)12-13-6-3-2-4-7-13/h2-4,6-7,12,16H,5,8-11H2,1H3/b14-12-. The van der Waals surface area contributed by atoms with Gasteiger partial charge in [-0.25, -0.2) is 0 Å². The van der Waals surface area contributed by atoms with Crippen LogP contribution in [0.1, 0.15) is 31.2 Å². The fourth-order valence-corrected chi connectivity index (χ4v) is 1.73. The van der Waals surface area contributed by atoms with Crippen molar-refractivity contribution in [2.24, 2.45) is 0 Å². The Morgan fingerprint density at radius 2 is 1.94 bits per heavy atom. The molecule has 3 heteroatoms. The third-order valence-electron chi connectivity index (χ3n) is 2.70. The van der Waals surface area contributed by atoms with Gasteiger partial charge in [-0.3, -0.25) is 4.79 Å². The van der Waals surface area contributed by atoms with Gasteiger partial charge in [-0.15, -0.1) is 0 Å². The number of allylic oxidation sites excluding steroid dienone is 1. The van der Waals surface area contributed by atoms with Gasteiger partial charge in [0, 0.05) is 13.0 Å². The molecule has 0 fully saturated rings. The van der Waals surface area contributed by atoms with E-state index in [9.17, 15) is 4.79 Å². The van der Waals surface area contributed by atoms with Crippen molar-refractivity contribution in [1.29, 1.82) is 0 Å². The first-order valence-electron chi connectivity index (χ1n) is 6.18. The maximum Gasteiger partial charge on any atom is 0.305 e. The molecule has 0 atom stereocenters. The molecule has 0 radical (unpaired) electrons. The lowest BCUT2D eigenvalue weighted by atomic mass is 10.0. The number of aliphatic hydroxyl groups is 1. The van der Waals surface area contributed by atoms with Gasteiger partial charge in [-0.05, 0) is 24.8 Å². The molecule has 1 aromatic carbocycles. The van der Waals surface area contributed by atoms with E-state index in [2.05, 4.69) is 10.8 Å². The molecule has 0 aliphatic heterocycles. The van der Waals surface area contributed by atoms with Gasteiger partial charge in [0.1, 0.15) is 0 Å². The molecular weight excluding hydrogens is 228 g/mol. The number of methoxy groups -OCH3 is 1.